The van der Waals surface area contributed by atoms with Gasteiger partial charge in [-0.05, 0) is 47.9 Å². The van der Waals surface area contributed by atoms with Crippen molar-refractivity contribution in [3.63, 3.8) is 0 Å². The lowest BCUT2D eigenvalue weighted by atomic mass is 10.0. The van der Waals surface area contributed by atoms with Gasteiger partial charge in [0.2, 0.25) is 0 Å². The van der Waals surface area contributed by atoms with Crippen LogP contribution in [0.1, 0.15) is 18.1 Å². The SMILES string of the molecule is CC(=Cc1ccc(N)cc1)c1ccc(N)cc1. The van der Waals surface area contributed by atoms with Crippen LogP contribution in [0.3, 0.4) is 0 Å². The van der Waals surface area contributed by atoms with E-state index in [2.05, 4.69) is 13.0 Å². The van der Waals surface area contributed by atoms with Crippen molar-refractivity contribution >= 4 is 23.0 Å². The van der Waals surface area contributed by atoms with Crippen molar-refractivity contribution in [3.05, 3.63) is 59.7 Å². The summed E-state index contributed by atoms with van der Waals surface area (Å²) < 4.78 is 0. The molecule has 2 rings (SSSR count). The van der Waals surface area contributed by atoms with Crippen LogP contribution in [0.4, 0.5) is 11.4 Å². The maximum absolute atomic E-state index is 5.66. The highest BCUT2D eigenvalue weighted by Gasteiger charge is 1.96. The molecule has 0 unspecified atom stereocenters. The highest BCUT2D eigenvalue weighted by atomic mass is 14.5. The fourth-order valence-corrected chi connectivity index (χ4v) is 1.67. The summed E-state index contributed by atoms with van der Waals surface area (Å²) in [5, 5.41) is 0. The molecule has 0 spiro atoms. The number of benzene rings is 2. The van der Waals surface area contributed by atoms with Gasteiger partial charge in [-0.3, -0.25) is 0 Å². The second kappa shape index (κ2) is 4.74. The van der Waals surface area contributed by atoms with Gasteiger partial charge in [-0.1, -0.05) is 30.3 Å². The van der Waals surface area contributed by atoms with E-state index in [1.165, 1.54) is 11.1 Å². The number of nitrogen functional groups attached to an aromatic ring is 2. The monoisotopic (exact) mass is 224 g/mol. The van der Waals surface area contributed by atoms with Crippen molar-refractivity contribution in [3.8, 4) is 0 Å². The first-order chi connectivity index (χ1) is 8.15. The summed E-state index contributed by atoms with van der Waals surface area (Å²) >= 11 is 0. The normalized spacial score (nSPS) is 11.5. The zero-order valence-electron chi connectivity index (χ0n) is 9.85. The third-order valence-electron chi connectivity index (χ3n) is 2.69. The third-order valence-corrected chi connectivity index (χ3v) is 2.69. The van der Waals surface area contributed by atoms with Crippen LogP contribution in [0.2, 0.25) is 0 Å². The van der Waals surface area contributed by atoms with Gasteiger partial charge in [0, 0.05) is 11.4 Å². The van der Waals surface area contributed by atoms with Gasteiger partial charge >= 0.3 is 0 Å². The molecule has 0 fully saturated rings. The van der Waals surface area contributed by atoms with Crippen molar-refractivity contribution < 1.29 is 0 Å². The third kappa shape index (κ3) is 2.88. The molecule has 86 valence electrons. The average Bonchev–Trinajstić information content (AvgIpc) is 2.33. The number of rotatable bonds is 2. The van der Waals surface area contributed by atoms with Gasteiger partial charge in [0.05, 0.1) is 0 Å². The van der Waals surface area contributed by atoms with Gasteiger partial charge in [-0.15, -0.1) is 0 Å². The molecule has 4 N–H and O–H groups in total. The predicted molar refractivity (Wildman–Crippen MR) is 75.3 cm³/mol. The molecule has 2 aromatic rings. The maximum Gasteiger partial charge on any atom is 0.0314 e. The molecule has 0 aliphatic heterocycles. The van der Waals surface area contributed by atoms with Gasteiger partial charge in [0.15, 0.2) is 0 Å². The number of hydrogen-bond donors (Lipinski definition) is 2. The Bertz CT molecular complexity index is 522. The Kier molecular flexibility index (Phi) is 3.15. The number of anilines is 2. The standard InChI is InChI=1S/C15H16N2/c1-11(13-4-8-15(17)9-5-13)10-12-2-6-14(16)7-3-12/h2-10H,16-17H2,1H3. The molecule has 17 heavy (non-hydrogen) atoms. The molecule has 0 heterocycles. The summed E-state index contributed by atoms with van der Waals surface area (Å²) in [6.45, 7) is 2.09. The van der Waals surface area contributed by atoms with Crippen molar-refractivity contribution in [1.82, 2.24) is 0 Å². The van der Waals surface area contributed by atoms with E-state index in [1.807, 2.05) is 48.5 Å². The van der Waals surface area contributed by atoms with Crippen LogP contribution in [0.5, 0.6) is 0 Å². The summed E-state index contributed by atoms with van der Waals surface area (Å²) in [4.78, 5) is 0. The summed E-state index contributed by atoms with van der Waals surface area (Å²) in [6.07, 6.45) is 2.13. The van der Waals surface area contributed by atoms with E-state index in [0.29, 0.717) is 0 Å². The van der Waals surface area contributed by atoms with E-state index in [0.717, 1.165) is 16.9 Å². The molecule has 0 aromatic heterocycles. The minimum absolute atomic E-state index is 0.785. The molecule has 2 aromatic carbocycles. The molecule has 0 saturated heterocycles. The Morgan fingerprint density at radius 1 is 0.824 bits per heavy atom. The van der Waals surface area contributed by atoms with E-state index >= 15 is 0 Å². The minimum atomic E-state index is 0.785. The van der Waals surface area contributed by atoms with Crippen LogP contribution in [-0.2, 0) is 0 Å². The number of hydrogen-bond acceptors (Lipinski definition) is 2. The number of nitrogens with two attached hydrogens (primary N) is 2. The second-order valence-corrected chi connectivity index (χ2v) is 4.12. The molecule has 0 saturated carbocycles. The minimum Gasteiger partial charge on any atom is -0.399 e. The molecule has 2 nitrogen and oxygen atoms in total. The Morgan fingerprint density at radius 3 is 1.82 bits per heavy atom. The average molecular weight is 224 g/mol. The number of allylic oxidation sites excluding steroid dienone is 1. The van der Waals surface area contributed by atoms with Gasteiger partial charge in [0.25, 0.3) is 0 Å². The molecule has 0 aliphatic carbocycles. The quantitative estimate of drug-likeness (QED) is 0.606. The Hall–Kier alpha value is -2.22. The lowest BCUT2D eigenvalue weighted by molar-refractivity contribution is 1.57. The van der Waals surface area contributed by atoms with E-state index < -0.39 is 0 Å². The lowest BCUT2D eigenvalue weighted by Gasteiger charge is -2.03. The van der Waals surface area contributed by atoms with Crippen LogP contribution in [0.15, 0.2) is 48.5 Å². The van der Waals surface area contributed by atoms with Crippen LogP contribution >= 0.6 is 0 Å². The van der Waals surface area contributed by atoms with Crippen molar-refractivity contribution in [2.45, 2.75) is 6.92 Å². The first-order valence-corrected chi connectivity index (χ1v) is 5.55. The van der Waals surface area contributed by atoms with Crippen LogP contribution in [0, 0.1) is 0 Å². The molecule has 0 radical (unpaired) electrons. The lowest BCUT2D eigenvalue weighted by Crippen LogP contribution is -1.86. The zero-order valence-corrected chi connectivity index (χ0v) is 9.85. The maximum atomic E-state index is 5.66. The van der Waals surface area contributed by atoms with Gasteiger partial charge < -0.3 is 11.5 Å². The van der Waals surface area contributed by atoms with Gasteiger partial charge in [-0.25, -0.2) is 0 Å². The Morgan fingerprint density at radius 2 is 1.29 bits per heavy atom. The molecule has 0 aliphatic rings. The van der Waals surface area contributed by atoms with Crippen LogP contribution < -0.4 is 11.5 Å². The molecule has 2 heteroatoms. The largest absolute Gasteiger partial charge is 0.399 e. The first-order valence-electron chi connectivity index (χ1n) is 5.55. The topological polar surface area (TPSA) is 52.0 Å². The van der Waals surface area contributed by atoms with E-state index in [9.17, 15) is 0 Å². The van der Waals surface area contributed by atoms with E-state index in [1.54, 1.807) is 0 Å². The van der Waals surface area contributed by atoms with E-state index in [-0.39, 0.29) is 0 Å². The van der Waals surface area contributed by atoms with Crippen LogP contribution in [0.25, 0.3) is 11.6 Å². The molecular formula is C15H16N2. The molecule has 0 atom stereocenters. The van der Waals surface area contributed by atoms with E-state index in [4.69, 9.17) is 11.5 Å². The summed E-state index contributed by atoms with van der Waals surface area (Å²) in [6, 6.07) is 15.7. The fraction of sp³-hybridized carbons (Fsp3) is 0.0667. The zero-order chi connectivity index (χ0) is 12.3. The molecular weight excluding hydrogens is 208 g/mol. The summed E-state index contributed by atoms with van der Waals surface area (Å²) in [5.74, 6) is 0. The Balaban J connectivity index is 2.27. The molecule has 0 bridgehead atoms. The second-order valence-electron chi connectivity index (χ2n) is 4.12. The smallest absolute Gasteiger partial charge is 0.0314 e. The van der Waals surface area contributed by atoms with Crippen LogP contribution in [-0.4, -0.2) is 0 Å². The highest BCUT2D eigenvalue weighted by molar-refractivity contribution is 5.80. The summed E-state index contributed by atoms with van der Waals surface area (Å²) in [7, 11) is 0. The fourth-order valence-electron chi connectivity index (χ4n) is 1.67. The predicted octanol–water partition coefficient (Wildman–Crippen LogP) is 3.41. The van der Waals surface area contributed by atoms with Crippen molar-refractivity contribution in [1.29, 1.82) is 0 Å². The highest BCUT2D eigenvalue weighted by Crippen LogP contribution is 2.19. The summed E-state index contributed by atoms with van der Waals surface area (Å²) in [5.41, 5.74) is 16.4. The first kappa shape index (κ1) is 11.3. The Labute approximate surface area is 102 Å². The van der Waals surface area contributed by atoms with Crippen molar-refractivity contribution in [2.24, 2.45) is 0 Å². The van der Waals surface area contributed by atoms with Crippen molar-refractivity contribution in [2.75, 3.05) is 11.5 Å². The molecule has 0 amide bonds. The van der Waals surface area contributed by atoms with Gasteiger partial charge in [-0.2, -0.15) is 0 Å². The van der Waals surface area contributed by atoms with Gasteiger partial charge in [0.1, 0.15) is 0 Å².